The minimum Gasteiger partial charge on any atom is -0.480 e. The molecule has 0 aliphatic heterocycles. The molecule has 1 aromatic carbocycles. The normalized spacial score (nSPS) is 36.2. The third kappa shape index (κ3) is 5.51. The summed E-state index contributed by atoms with van der Waals surface area (Å²) in [5, 5.41) is 12.1. The van der Waals surface area contributed by atoms with E-state index in [1.54, 1.807) is 0 Å². The molecule has 7 nitrogen and oxygen atoms in total. The fourth-order valence-electron chi connectivity index (χ4n) is 8.94. The van der Waals surface area contributed by atoms with Gasteiger partial charge < -0.3 is 15.2 Å². The molecule has 4 fully saturated rings. The van der Waals surface area contributed by atoms with E-state index in [4.69, 9.17) is 4.74 Å². The summed E-state index contributed by atoms with van der Waals surface area (Å²) in [7, 11) is 0. The van der Waals surface area contributed by atoms with Crippen LogP contribution in [0.4, 0.5) is 0 Å². The number of ether oxygens (including phenoxy) is 1. The van der Waals surface area contributed by atoms with Gasteiger partial charge in [0.05, 0.1) is 6.42 Å². The van der Waals surface area contributed by atoms with Crippen molar-refractivity contribution in [1.29, 1.82) is 0 Å². The molecule has 2 N–H and O–H groups in total. The second kappa shape index (κ2) is 11.1. The molecule has 4 aliphatic rings. The van der Waals surface area contributed by atoms with E-state index in [1.165, 1.54) is 6.42 Å². The molecular formula is C32H43NO6. The van der Waals surface area contributed by atoms with Crippen LogP contribution in [-0.4, -0.2) is 40.9 Å². The maximum atomic E-state index is 12.8. The number of Topliss-reactive ketones (excluding diaryl/α,β-unsaturated/α-hetero) is 1. The molecule has 212 valence electrons. The molecule has 0 aromatic heterocycles. The van der Waals surface area contributed by atoms with Gasteiger partial charge in [0.1, 0.15) is 17.9 Å². The van der Waals surface area contributed by atoms with Gasteiger partial charge in [0.2, 0.25) is 5.91 Å². The number of fused-ring (bicyclic) bond motifs is 5. The minimum atomic E-state index is -1.10. The predicted molar refractivity (Wildman–Crippen MR) is 146 cm³/mol. The van der Waals surface area contributed by atoms with E-state index < -0.39 is 17.9 Å². The van der Waals surface area contributed by atoms with Crippen molar-refractivity contribution in [1.82, 2.24) is 5.32 Å². The van der Waals surface area contributed by atoms with Crippen LogP contribution in [0.3, 0.4) is 0 Å². The van der Waals surface area contributed by atoms with Crippen LogP contribution >= 0.6 is 0 Å². The Bertz CT molecular complexity index is 1100. The van der Waals surface area contributed by atoms with Crippen LogP contribution < -0.4 is 5.32 Å². The van der Waals surface area contributed by atoms with Crippen LogP contribution in [0.2, 0.25) is 0 Å². The fourth-order valence-corrected chi connectivity index (χ4v) is 8.94. The zero-order chi connectivity index (χ0) is 27.8. The first kappa shape index (κ1) is 27.9. The Morgan fingerprint density at radius 3 is 2.46 bits per heavy atom. The molecule has 0 radical (unpaired) electrons. The highest BCUT2D eigenvalue weighted by atomic mass is 16.5. The van der Waals surface area contributed by atoms with Crippen molar-refractivity contribution in [2.45, 2.75) is 103 Å². The number of carbonyl (C=O) groups excluding carboxylic acids is 3. The molecule has 4 aliphatic carbocycles. The summed E-state index contributed by atoms with van der Waals surface area (Å²) in [4.78, 5) is 49.2. The minimum absolute atomic E-state index is 0.0448. The third-order valence-corrected chi connectivity index (χ3v) is 11.1. The van der Waals surface area contributed by atoms with Crippen LogP contribution in [0.25, 0.3) is 0 Å². The maximum absolute atomic E-state index is 12.8. The van der Waals surface area contributed by atoms with E-state index in [9.17, 15) is 24.3 Å². The number of aliphatic carboxylic acids is 1. The van der Waals surface area contributed by atoms with Gasteiger partial charge in [-0.2, -0.15) is 0 Å². The van der Waals surface area contributed by atoms with Crippen molar-refractivity contribution in [2.75, 3.05) is 0 Å². The van der Waals surface area contributed by atoms with Crippen LogP contribution in [0.5, 0.6) is 0 Å². The smallest absolute Gasteiger partial charge is 0.326 e. The predicted octanol–water partition coefficient (Wildman–Crippen LogP) is 5.10. The number of hydrogen-bond donors (Lipinski definition) is 2. The molecule has 7 heteroatoms. The Labute approximate surface area is 231 Å². The fraction of sp³-hybridized carbons (Fsp3) is 0.688. The second-order valence-electron chi connectivity index (χ2n) is 13.1. The number of carboxylic acid groups (broad SMARTS) is 1. The summed E-state index contributed by atoms with van der Waals surface area (Å²) >= 11 is 0. The summed E-state index contributed by atoms with van der Waals surface area (Å²) in [5.74, 6) is 0.841. The number of benzene rings is 1. The van der Waals surface area contributed by atoms with Gasteiger partial charge in [-0.05, 0) is 79.6 Å². The molecule has 0 bridgehead atoms. The first-order chi connectivity index (χ1) is 18.6. The van der Waals surface area contributed by atoms with Crippen molar-refractivity contribution >= 4 is 23.6 Å². The van der Waals surface area contributed by atoms with E-state index in [0.29, 0.717) is 29.5 Å². The molecule has 0 saturated heterocycles. The number of ketones is 1. The van der Waals surface area contributed by atoms with Gasteiger partial charge in [-0.15, -0.1) is 0 Å². The Hall–Kier alpha value is -2.70. The van der Waals surface area contributed by atoms with Gasteiger partial charge in [0, 0.05) is 31.1 Å². The lowest BCUT2D eigenvalue weighted by Gasteiger charge is -2.60. The maximum Gasteiger partial charge on any atom is 0.326 e. The topological polar surface area (TPSA) is 110 Å². The van der Waals surface area contributed by atoms with Crippen molar-refractivity contribution in [3.05, 3.63) is 35.9 Å². The number of carbonyl (C=O) groups is 4. The monoisotopic (exact) mass is 537 g/mol. The van der Waals surface area contributed by atoms with Crippen LogP contribution in [-0.2, 0) is 30.3 Å². The summed E-state index contributed by atoms with van der Waals surface area (Å²) < 4.78 is 6.03. The Kier molecular flexibility index (Phi) is 7.89. The van der Waals surface area contributed by atoms with Gasteiger partial charge in [0.25, 0.3) is 0 Å². The summed E-state index contributed by atoms with van der Waals surface area (Å²) in [6, 6.07) is 8.12. The number of hydrogen-bond acceptors (Lipinski definition) is 5. The van der Waals surface area contributed by atoms with Gasteiger partial charge in [-0.1, -0.05) is 44.2 Å². The molecule has 5 rings (SSSR count). The molecule has 0 unspecified atom stereocenters. The largest absolute Gasteiger partial charge is 0.480 e. The van der Waals surface area contributed by atoms with Crippen molar-refractivity contribution in [3.8, 4) is 0 Å². The van der Waals surface area contributed by atoms with Crippen LogP contribution in [0, 0.1) is 34.5 Å². The van der Waals surface area contributed by atoms with E-state index in [2.05, 4.69) is 19.2 Å². The Morgan fingerprint density at radius 1 is 0.974 bits per heavy atom. The average molecular weight is 538 g/mol. The van der Waals surface area contributed by atoms with Crippen LogP contribution in [0.15, 0.2) is 30.3 Å². The van der Waals surface area contributed by atoms with Crippen molar-refractivity contribution in [2.24, 2.45) is 34.5 Å². The van der Waals surface area contributed by atoms with Gasteiger partial charge in [0.15, 0.2) is 0 Å². The standard InChI is InChI=1S/C32H43NO6/c1-31-16-14-22(34)19-21(31)8-9-23-24-10-11-27(32(24,2)17-15-25(23)31)39-29(36)13-12-28(35)33-26(30(37)38)18-20-6-4-3-5-7-20/h3-7,21,23-27H,8-19H2,1-2H3,(H,33,35)(H,37,38)/t21-,23-,24-,25-,26+,27+,31-,32-/m0/s1. The molecule has 1 aromatic rings. The van der Waals surface area contributed by atoms with Crippen molar-refractivity contribution in [3.63, 3.8) is 0 Å². The van der Waals surface area contributed by atoms with E-state index >= 15 is 0 Å². The zero-order valence-corrected chi connectivity index (χ0v) is 23.3. The zero-order valence-electron chi connectivity index (χ0n) is 23.3. The molecule has 0 heterocycles. The summed E-state index contributed by atoms with van der Waals surface area (Å²) in [6.45, 7) is 4.74. The molecular weight excluding hydrogens is 494 g/mol. The quantitative estimate of drug-likeness (QED) is 0.447. The number of nitrogens with one attached hydrogen (secondary N) is 1. The van der Waals surface area contributed by atoms with Gasteiger partial charge >= 0.3 is 11.9 Å². The first-order valence-corrected chi connectivity index (χ1v) is 14.9. The number of carboxylic acids is 1. The van der Waals surface area contributed by atoms with Crippen LogP contribution in [0.1, 0.15) is 90.0 Å². The van der Waals surface area contributed by atoms with Gasteiger partial charge in [-0.25, -0.2) is 4.79 Å². The van der Waals surface area contributed by atoms with Gasteiger partial charge in [-0.3, -0.25) is 14.4 Å². The number of amides is 1. The summed E-state index contributed by atoms with van der Waals surface area (Å²) in [5.41, 5.74) is 1.04. The Balaban J connectivity index is 1.14. The lowest BCUT2D eigenvalue weighted by Crippen LogP contribution is -2.54. The highest BCUT2D eigenvalue weighted by molar-refractivity contribution is 5.86. The molecule has 0 spiro atoms. The molecule has 1 amide bonds. The third-order valence-electron chi connectivity index (χ3n) is 11.1. The lowest BCUT2D eigenvalue weighted by atomic mass is 9.45. The Morgan fingerprint density at radius 2 is 1.72 bits per heavy atom. The number of esters is 1. The second-order valence-corrected chi connectivity index (χ2v) is 13.1. The molecule has 39 heavy (non-hydrogen) atoms. The summed E-state index contributed by atoms with van der Waals surface area (Å²) in [6.07, 6.45) is 8.82. The SMILES string of the molecule is C[C@]12CCC(=O)C[C@@H]1CC[C@@H]1[C@@H]2CC[C@]2(C)[C@H](OC(=O)CCC(=O)N[C@H](Cc3ccccc3)C(=O)O)CC[C@@H]12. The highest BCUT2D eigenvalue weighted by Gasteiger charge is 2.61. The van der Waals surface area contributed by atoms with E-state index in [0.717, 1.165) is 56.9 Å². The lowest BCUT2D eigenvalue weighted by molar-refractivity contribution is -0.164. The first-order valence-electron chi connectivity index (χ1n) is 14.9. The molecule has 8 atom stereocenters. The van der Waals surface area contributed by atoms with Crippen molar-refractivity contribution < 1.29 is 29.0 Å². The average Bonchev–Trinajstić information content (AvgIpc) is 3.24. The number of rotatable bonds is 8. The van der Waals surface area contributed by atoms with E-state index in [1.807, 2.05) is 30.3 Å². The highest BCUT2D eigenvalue weighted by Crippen LogP contribution is 2.66. The molecule has 4 saturated carbocycles. The van der Waals surface area contributed by atoms with E-state index in [-0.39, 0.29) is 42.2 Å².